The molecular formula is C19H28N4O3. The summed E-state index contributed by atoms with van der Waals surface area (Å²) < 4.78 is 5.42. The minimum Gasteiger partial charge on any atom is -0.378 e. The Morgan fingerprint density at radius 2 is 1.92 bits per heavy atom. The summed E-state index contributed by atoms with van der Waals surface area (Å²) in [4.78, 5) is 30.5. The molecule has 7 nitrogen and oxygen atoms in total. The molecule has 2 aliphatic heterocycles. The molecule has 0 aromatic heterocycles. The van der Waals surface area contributed by atoms with Crippen molar-refractivity contribution in [2.24, 2.45) is 0 Å². The van der Waals surface area contributed by atoms with Crippen LogP contribution in [0.25, 0.3) is 0 Å². The summed E-state index contributed by atoms with van der Waals surface area (Å²) in [5.74, 6) is 0.0221. The van der Waals surface area contributed by atoms with Crippen LogP contribution in [-0.2, 0) is 16.1 Å². The molecule has 0 aliphatic carbocycles. The van der Waals surface area contributed by atoms with E-state index < -0.39 is 0 Å². The molecule has 0 spiro atoms. The van der Waals surface area contributed by atoms with Gasteiger partial charge in [0.2, 0.25) is 5.91 Å². The molecule has 0 unspecified atom stereocenters. The average Bonchev–Trinajstić information content (AvgIpc) is 2.88. The number of likely N-dealkylation sites (N-methyl/N-ethyl adjacent to an activating group) is 1. The third-order valence-corrected chi connectivity index (χ3v) is 4.98. The first-order valence-corrected chi connectivity index (χ1v) is 9.40. The topological polar surface area (TPSA) is 65.1 Å². The van der Waals surface area contributed by atoms with E-state index in [1.54, 1.807) is 9.80 Å². The fourth-order valence-electron chi connectivity index (χ4n) is 3.48. The van der Waals surface area contributed by atoms with Gasteiger partial charge in [-0.15, -0.1) is 0 Å². The number of nitrogens with one attached hydrogen (secondary N) is 1. The summed E-state index contributed by atoms with van der Waals surface area (Å²) in [6, 6.07) is 7.95. The number of hydrogen-bond acceptors (Lipinski definition) is 4. The van der Waals surface area contributed by atoms with Gasteiger partial charge in [0.25, 0.3) is 0 Å². The largest absolute Gasteiger partial charge is 0.378 e. The molecule has 1 aromatic rings. The fraction of sp³-hybridized carbons (Fsp3) is 0.579. The highest BCUT2D eigenvalue weighted by atomic mass is 16.5. The number of nitrogens with zero attached hydrogens (tertiary/aromatic N) is 3. The summed E-state index contributed by atoms with van der Waals surface area (Å²) in [5.41, 5.74) is 2.22. The van der Waals surface area contributed by atoms with Crippen molar-refractivity contribution in [2.75, 3.05) is 57.4 Å². The fourth-order valence-corrected chi connectivity index (χ4v) is 3.48. The maximum absolute atomic E-state index is 12.6. The Labute approximate surface area is 154 Å². The predicted molar refractivity (Wildman–Crippen MR) is 100 cm³/mol. The van der Waals surface area contributed by atoms with Crippen LogP contribution in [0.15, 0.2) is 24.3 Å². The molecule has 0 atom stereocenters. The third kappa shape index (κ3) is 4.46. The molecule has 1 aromatic carbocycles. The van der Waals surface area contributed by atoms with Crippen LogP contribution >= 0.6 is 0 Å². The van der Waals surface area contributed by atoms with Crippen LogP contribution in [0.5, 0.6) is 0 Å². The molecule has 3 rings (SSSR count). The van der Waals surface area contributed by atoms with Gasteiger partial charge in [-0.3, -0.25) is 4.79 Å². The van der Waals surface area contributed by atoms with Crippen molar-refractivity contribution in [2.45, 2.75) is 19.9 Å². The lowest BCUT2D eigenvalue weighted by Gasteiger charge is -2.31. The van der Waals surface area contributed by atoms with E-state index in [4.69, 9.17) is 4.74 Å². The molecule has 2 aliphatic rings. The van der Waals surface area contributed by atoms with Gasteiger partial charge in [-0.25, -0.2) is 4.79 Å². The average molecular weight is 360 g/mol. The van der Waals surface area contributed by atoms with E-state index >= 15 is 0 Å². The summed E-state index contributed by atoms with van der Waals surface area (Å²) >= 11 is 0. The van der Waals surface area contributed by atoms with Crippen LogP contribution in [0.2, 0.25) is 0 Å². The van der Waals surface area contributed by atoms with Crippen LogP contribution < -0.4 is 10.2 Å². The number of hydrogen-bond donors (Lipinski definition) is 1. The van der Waals surface area contributed by atoms with Crippen molar-refractivity contribution in [3.8, 4) is 0 Å². The first-order valence-electron chi connectivity index (χ1n) is 9.40. The van der Waals surface area contributed by atoms with Crippen molar-refractivity contribution in [3.05, 3.63) is 29.8 Å². The summed E-state index contributed by atoms with van der Waals surface area (Å²) in [6.45, 7) is 7.78. The predicted octanol–water partition coefficient (Wildman–Crippen LogP) is 1.29. The van der Waals surface area contributed by atoms with Crippen molar-refractivity contribution in [1.82, 2.24) is 15.1 Å². The molecule has 3 amide bonds. The zero-order valence-electron chi connectivity index (χ0n) is 15.4. The Hall–Kier alpha value is -2.28. The number of para-hydroxylation sites is 1. The Balaban J connectivity index is 1.60. The summed E-state index contributed by atoms with van der Waals surface area (Å²) in [7, 11) is 0. The van der Waals surface area contributed by atoms with Crippen LogP contribution in [0.1, 0.15) is 18.9 Å². The Kier molecular flexibility index (Phi) is 6.33. The van der Waals surface area contributed by atoms with Crippen molar-refractivity contribution in [3.63, 3.8) is 0 Å². The van der Waals surface area contributed by atoms with Gasteiger partial charge in [0, 0.05) is 45.0 Å². The second-order valence-corrected chi connectivity index (χ2v) is 6.64. The summed E-state index contributed by atoms with van der Waals surface area (Å²) in [6.07, 6.45) is 0.817. The van der Waals surface area contributed by atoms with Gasteiger partial charge < -0.3 is 24.8 Å². The lowest BCUT2D eigenvalue weighted by Crippen LogP contribution is -2.44. The highest BCUT2D eigenvalue weighted by molar-refractivity contribution is 5.84. The molecule has 2 heterocycles. The molecular weight excluding hydrogens is 332 g/mol. The van der Waals surface area contributed by atoms with Gasteiger partial charge in [-0.1, -0.05) is 18.2 Å². The van der Waals surface area contributed by atoms with Gasteiger partial charge in [0.05, 0.1) is 13.2 Å². The number of benzene rings is 1. The van der Waals surface area contributed by atoms with Gasteiger partial charge >= 0.3 is 6.03 Å². The third-order valence-electron chi connectivity index (χ3n) is 4.98. The van der Waals surface area contributed by atoms with E-state index in [0.717, 1.165) is 50.5 Å². The first kappa shape index (κ1) is 18.5. The minimum absolute atomic E-state index is 0.0221. The SMILES string of the molecule is CCN1CCCN(C(=O)NCc2ccccc2N2CCOCC2)CC1=O. The van der Waals surface area contributed by atoms with E-state index in [0.29, 0.717) is 19.6 Å². The maximum Gasteiger partial charge on any atom is 0.318 e. The zero-order valence-corrected chi connectivity index (χ0v) is 15.4. The highest BCUT2D eigenvalue weighted by Gasteiger charge is 2.24. The number of urea groups is 1. The summed E-state index contributed by atoms with van der Waals surface area (Å²) in [5, 5.41) is 2.99. The Morgan fingerprint density at radius 3 is 2.69 bits per heavy atom. The second-order valence-electron chi connectivity index (χ2n) is 6.64. The van der Waals surface area contributed by atoms with Crippen LogP contribution in [0, 0.1) is 0 Å². The minimum atomic E-state index is -0.173. The van der Waals surface area contributed by atoms with E-state index in [-0.39, 0.29) is 18.5 Å². The van der Waals surface area contributed by atoms with Crippen LogP contribution in [0.4, 0.5) is 10.5 Å². The number of anilines is 1. The molecule has 7 heteroatoms. The maximum atomic E-state index is 12.6. The monoisotopic (exact) mass is 360 g/mol. The van der Waals surface area contributed by atoms with Crippen molar-refractivity contribution >= 4 is 17.6 Å². The number of carbonyl (C=O) groups is 2. The van der Waals surface area contributed by atoms with Gasteiger partial charge in [0.1, 0.15) is 6.54 Å². The van der Waals surface area contributed by atoms with E-state index in [1.165, 1.54) is 0 Å². The molecule has 142 valence electrons. The molecule has 0 saturated carbocycles. The Morgan fingerprint density at radius 1 is 1.15 bits per heavy atom. The van der Waals surface area contributed by atoms with Crippen molar-refractivity contribution in [1.29, 1.82) is 0 Å². The molecule has 2 saturated heterocycles. The molecule has 0 radical (unpaired) electrons. The first-order chi connectivity index (χ1) is 12.7. The van der Waals surface area contributed by atoms with E-state index in [1.807, 2.05) is 25.1 Å². The highest BCUT2D eigenvalue weighted by Crippen LogP contribution is 2.21. The van der Waals surface area contributed by atoms with Gasteiger partial charge in [-0.2, -0.15) is 0 Å². The Bertz CT molecular complexity index is 631. The number of morpholine rings is 1. The van der Waals surface area contributed by atoms with Gasteiger partial charge in [-0.05, 0) is 25.0 Å². The number of ether oxygens (including phenoxy) is 1. The number of amides is 3. The molecule has 0 bridgehead atoms. The number of rotatable bonds is 4. The van der Waals surface area contributed by atoms with Crippen molar-refractivity contribution < 1.29 is 14.3 Å². The smallest absolute Gasteiger partial charge is 0.318 e. The molecule has 1 N–H and O–H groups in total. The van der Waals surface area contributed by atoms with E-state index in [2.05, 4.69) is 16.3 Å². The number of carbonyl (C=O) groups excluding carboxylic acids is 2. The van der Waals surface area contributed by atoms with Crippen LogP contribution in [0.3, 0.4) is 0 Å². The lowest BCUT2D eigenvalue weighted by atomic mass is 10.1. The molecule has 2 fully saturated rings. The normalized spacial score (nSPS) is 18.7. The molecule has 26 heavy (non-hydrogen) atoms. The zero-order chi connectivity index (χ0) is 18.4. The second kappa shape index (κ2) is 8.89. The standard InChI is InChI=1S/C19H28N4O3/c1-2-21-8-5-9-23(15-18(21)24)19(25)20-14-16-6-3-4-7-17(16)22-10-12-26-13-11-22/h3-4,6-7H,2,5,8-15H2,1H3,(H,20,25). The van der Waals surface area contributed by atoms with Gasteiger partial charge in [0.15, 0.2) is 0 Å². The quantitative estimate of drug-likeness (QED) is 0.879. The van der Waals surface area contributed by atoms with Crippen LogP contribution in [-0.4, -0.2) is 74.2 Å². The van der Waals surface area contributed by atoms with E-state index in [9.17, 15) is 9.59 Å². The lowest BCUT2D eigenvalue weighted by molar-refractivity contribution is -0.130.